The molecule has 0 amide bonds. The number of rotatable bonds is 5. The second kappa shape index (κ2) is 6.39. The Hall–Kier alpha value is -0.800. The van der Waals surface area contributed by atoms with Crippen LogP contribution in [0, 0.1) is 12.8 Å². The van der Waals surface area contributed by atoms with Gasteiger partial charge in [0, 0.05) is 25.0 Å². The van der Waals surface area contributed by atoms with Crippen LogP contribution in [0.25, 0.3) is 0 Å². The fraction of sp³-hybridized carbons (Fsp3) is 0.733. The molecular weight excluding hydrogens is 226 g/mol. The normalized spacial score (nSPS) is 25.5. The first-order valence-electron chi connectivity index (χ1n) is 7.14. The molecule has 2 rings (SSSR count). The van der Waals surface area contributed by atoms with Gasteiger partial charge in [0.05, 0.1) is 0 Å². The molecule has 0 saturated carbocycles. The number of nitrogens with zero attached hydrogens (tertiary/aromatic N) is 1. The standard InChI is InChI=1S/C15H25NO2/c1-3-4-8-16-9-7-14(13(10-16)11-17)15-6-5-12(2)18-15/h5-6,13-14,17H,3-4,7-11H2,1-2H3. The highest BCUT2D eigenvalue weighted by Crippen LogP contribution is 2.33. The van der Waals surface area contributed by atoms with E-state index in [9.17, 15) is 5.11 Å². The lowest BCUT2D eigenvalue weighted by molar-refractivity contribution is 0.0929. The second-order valence-corrected chi connectivity index (χ2v) is 5.44. The monoisotopic (exact) mass is 251 g/mol. The summed E-state index contributed by atoms with van der Waals surface area (Å²) in [6.07, 6.45) is 3.59. The summed E-state index contributed by atoms with van der Waals surface area (Å²) in [5.41, 5.74) is 0. The highest BCUT2D eigenvalue weighted by Gasteiger charge is 2.31. The number of unbranched alkanes of at least 4 members (excludes halogenated alkanes) is 1. The summed E-state index contributed by atoms with van der Waals surface area (Å²) in [6.45, 7) is 7.75. The van der Waals surface area contributed by atoms with Gasteiger partial charge in [-0.25, -0.2) is 0 Å². The van der Waals surface area contributed by atoms with Crippen molar-refractivity contribution in [1.82, 2.24) is 4.90 Å². The smallest absolute Gasteiger partial charge is 0.107 e. The van der Waals surface area contributed by atoms with Gasteiger partial charge in [-0.15, -0.1) is 0 Å². The van der Waals surface area contributed by atoms with Gasteiger partial charge in [-0.1, -0.05) is 13.3 Å². The van der Waals surface area contributed by atoms with Crippen molar-refractivity contribution in [3.63, 3.8) is 0 Å². The maximum Gasteiger partial charge on any atom is 0.107 e. The largest absolute Gasteiger partial charge is 0.466 e. The zero-order chi connectivity index (χ0) is 13.0. The number of aliphatic hydroxyl groups is 1. The fourth-order valence-corrected chi connectivity index (χ4v) is 2.90. The molecule has 2 atom stereocenters. The molecule has 2 heterocycles. The lowest BCUT2D eigenvalue weighted by Crippen LogP contribution is -2.41. The molecule has 1 aromatic rings. The van der Waals surface area contributed by atoms with Gasteiger partial charge in [0.1, 0.15) is 11.5 Å². The minimum absolute atomic E-state index is 0.257. The van der Waals surface area contributed by atoms with E-state index in [2.05, 4.69) is 17.9 Å². The average molecular weight is 251 g/mol. The predicted molar refractivity (Wildman–Crippen MR) is 72.7 cm³/mol. The Balaban J connectivity index is 1.97. The average Bonchev–Trinajstić information content (AvgIpc) is 2.82. The van der Waals surface area contributed by atoms with E-state index in [-0.39, 0.29) is 6.61 Å². The molecule has 0 radical (unpaired) electrons. The van der Waals surface area contributed by atoms with Crippen molar-refractivity contribution < 1.29 is 9.52 Å². The van der Waals surface area contributed by atoms with Gasteiger partial charge >= 0.3 is 0 Å². The summed E-state index contributed by atoms with van der Waals surface area (Å²) in [7, 11) is 0. The van der Waals surface area contributed by atoms with Crippen LogP contribution >= 0.6 is 0 Å². The van der Waals surface area contributed by atoms with Crippen molar-refractivity contribution in [2.24, 2.45) is 5.92 Å². The summed E-state index contributed by atoms with van der Waals surface area (Å²) in [4.78, 5) is 2.48. The highest BCUT2D eigenvalue weighted by atomic mass is 16.3. The molecule has 18 heavy (non-hydrogen) atoms. The molecule has 1 aliphatic rings. The van der Waals surface area contributed by atoms with Crippen LogP contribution in [0.1, 0.15) is 43.6 Å². The van der Waals surface area contributed by atoms with E-state index in [4.69, 9.17) is 4.42 Å². The van der Waals surface area contributed by atoms with Crippen LogP contribution in [0.4, 0.5) is 0 Å². The second-order valence-electron chi connectivity index (χ2n) is 5.44. The maximum absolute atomic E-state index is 9.60. The van der Waals surface area contributed by atoms with E-state index in [1.165, 1.54) is 12.8 Å². The zero-order valence-corrected chi connectivity index (χ0v) is 11.6. The quantitative estimate of drug-likeness (QED) is 0.874. The van der Waals surface area contributed by atoms with Crippen LogP contribution in [0.15, 0.2) is 16.5 Å². The first-order chi connectivity index (χ1) is 8.74. The third-order valence-corrected chi connectivity index (χ3v) is 4.01. The lowest BCUT2D eigenvalue weighted by Gasteiger charge is -2.37. The SMILES string of the molecule is CCCCN1CCC(c2ccc(C)o2)C(CO)C1. The van der Waals surface area contributed by atoms with E-state index in [0.29, 0.717) is 11.8 Å². The first-order valence-corrected chi connectivity index (χ1v) is 7.14. The molecule has 3 heteroatoms. The minimum Gasteiger partial charge on any atom is -0.466 e. The molecule has 0 aliphatic carbocycles. The van der Waals surface area contributed by atoms with Crippen molar-refractivity contribution in [3.05, 3.63) is 23.7 Å². The van der Waals surface area contributed by atoms with Gasteiger partial charge in [-0.3, -0.25) is 0 Å². The van der Waals surface area contributed by atoms with Crippen LogP contribution in [0.3, 0.4) is 0 Å². The minimum atomic E-state index is 0.257. The van der Waals surface area contributed by atoms with Gasteiger partial charge in [0.15, 0.2) is 0 Å². The number of hydrogen-bond donors (Lipinski definition) is 1. The summed E-state index contributed by atoms with van der Waals surface area (Å²) in [6, 6.07) is 4.09. The summed E-state index contributed by atoms with van der Waals surface area (Å²) < 4.78 is 5.74. The number of piperidine rings is 1. The Kier molecular flexibility index (Phi) is 4.84. The molecule has 1 N–H and O–H groups in total. The molecular formula is C15H25NO2. The summed E-state index contributed by atoms with van der Waals surface area (Å²) >= 11 is 0. The predicted octanol–water partition coefficient (Wildman–Crippen LogP) is 2.79. The third-order valence-electron chi connectivity index (χ3n) is 4.01. The third kappa shape index (κ3) is 3.15. The lowest BCUT2D eigenvalue weighted by atomic mass is 9.84. The van der Waals surface area contributed by atoms with Gasteiger partial charge in [-0.05, 0) is 45.0 Å². The first kappa shape index (κ1) is 13.6. The van der Waals surface area contributed by atoms with Crippen LogP contribution < -0.4 is 0 Å². The number of hydrogen-bond acceptors (Lipinski definition) is 3. The molecule has 1 fully saturated rings. The van der Waals surface area contributed by atoms with Gasteiger partial charge in [0.2, 0.25) is 0 Å². The van der Waals surface area contributed by atoms with E-state index < -0.39 is 0 Å². The molecule has 0 aromatic carbocycles. The van der Waals surface area contributed by atoms with Crippen LogP contribution in [0.5, 0.6) is 0 Å². The van der Waals surface area contributed by atoms with E-state index in [1.807, 2.05) is 13.0 Å². The van der Waals surface area contributed by atoms with Crippen molar-refractivity contribution in [1.29, 1.82) is 0 Å². The number of likely N-dealkylation sites (tertiary alicyclic amines) is 1. The molecule has 1 saturated heterocycles. The molecule has 3 nitrogen and oxygen atoms in total. The van der Waals surface area contributed by atoms with Crippen molar-refractivity contribution in [2.75, 3.05) is 26.2 Å². The van der Waals surface area contributed by atoms with Crippen LogP contribution in [0.2, 0.25) is 0 Å². The summed E-state index contributed by atoms with van der Waals surface area (Å²) in [5.74, 6) is 2.74. The van der Waals surface area contributed by atoms with Crippen molar-refractivity contribution in [2.45, 2.75) is 39.0 Å². The fourth-order valence-electron chi connectivity index (χ4n) is 2.90. The Morgan fingerprint density at radius 3 is 2.89 bits per heavy atom. The van der Waals surface area contributed by atoms with Crippen molar-refractivity contribution >= 4 is 0 Å². The van der Waals surface area contributed by atoms with Gasteiger partial charge in [-0.2, -0.15) is 0 Å². The number of aryl methyl sites for hydroxylation is 1. The zero-order valence-electron chi connectivity index (χ0n) is 11.6. The van der Waals surface area contributed by atoms with Crippen LogP contribution in [-0.4, -0.2) is 36.2 Å². The Morgan fingerprint density at radius 2 is 2.28 bits per heavy atom. The Morgan fingerprint density at radius 1 is 1.44 bits per heavy atom. The number of furan rings is 1. The van der Waals surface area contributed by atoms with E-state index >= 15 is 0 Å². The molecule has 0 spiro atoms. The Labute approximate surface area is 110 Å². The Bertz CT molecular complexity index is 361. The summed E-state index contributed by atoms with van der Waals surface area (Å²) in [5, 5.41) is 9.60. The van der Waals surface area contributed by atoms with E-state index in [1.54, 1.807) is 0 Å². The maximum atomic E-state index is 9.60. The van der Waals surface area contributed by atoms with E-state index in [0.717, 1.165) is 37.6 Å². The van der Waals surface area contributed by atoms with Crippen LogP contribution in [-0.2, 0) is 0 Å². The molecule has 1 aliphatic heterocycles. The molecule has 2 unspecified atom stereocenters. The molecule has 102 valence electrons. The topological polar surface area (TPSA) is 36.6 Å². The molecule has 0 bridgehead atoms. The van der Waals surface area contributed by atoms with Gasteiger partial charge < -0.3 is 14.4 Å². The van der Waals surface area contributed by atoms with Gasteiger partial charge in [0.25, 0.3) is 0 Å². The van der Waals surface area contributed by atoms with Crippen molar-refractivity contribution in [3.8, 4) is 0 Å². The number of aliphatic hydroxyl groups excluding tert-OH is 1. The highest BCUT2D eigenvalue weighted by molar-refractivity contribution is 5.12. The molecule has 1 aromatic heterocycles.